The van der Waals surface area contributed by atoms with Gasteiger partial charge in [0.2, 0.25) is 0 Å². The van der Waals surface area contributed by atoms with Crippen molar-refractivity contribution in [2.45, 2.75) is 44.1 Å². The second-order valence-corrected chi connectivity index (χ2v) is 5.65. The highest BCUT2D eigenvalue weighted by Gasteiger charge is 2.27. The van der Waals surface area contributed by atoms with E-state index in [1.807, 2.05) is 6.20 Å². The van der Waals surface area contributed by atoms with E-state index in [0.717, 1.165) is 23.3 Å². The molecule has 0 radical (unpaired) electrons. The second-order valence-electron chi connectivity index (χ2n) is 4.79. The van der Waals surface area contributed by atoms with E-state index in [0.29, 0.717) is 12.0 Å². The highest BCUT2D eigenvalue weighted by atomic mass is 79.9. The molecule has 86 valence electrons. The van der Waals surface area contributed by atoms with Crippen molar-refractivity contribution in [3.63, 3.8) is 0 Å². The van der Waals surface area contributed by atoms with Gasteiger partial charge in [0.1, 0.15) is 5.82 Å². The predicted octanol–water partition coefficient (Wildman–Crippen LogP) is 2.41. The molecule has 3 nitrogen and oxygen atoms in total. The number of halogens is 1. The van der Waals surface area contributed by atoms with Gasteiger partial charge in [-0.3, -0.25) is 0 Å². The van der Waals surface area contributed by atoms with Gasteiger partial charge in [-0.2, -0.15) is 0 Å². The van der Waals surface area contributed by atoms with Crippen molar-refractivity contribution < 1.29 is 0 Å². The molecule has 1 saturated carbocycles. The SMILES string of the molecule is Brc1cnc(C2CC2)nc1CC1CCCN1. The third-order valence-corrected chi connectivity index (χ3v) is 4.04. The summed E-state index contributed by atoms with van der Waals surface area (Å²) in [5, 5.41) is 3.52. The molecule has 1 saturated heterocycles. The minimum atomic E-state index is 0.609. The maximum Gasteiger partial charge on any atom is 0.131 e. The van der Waals surface area contributed by atoms with Gasteiger partial charge < -0.3 is 5.32 Å². The molecule has 1 atom stereocenters. The summed E-state index contributed by atoms with van der Waals surface area (Å²) in [7, 11) is 0. The van der Waals surface area contributed by atoms with Crippen LogP contribution in [0.1, 0.15) is 43.1 Å². The molecule has 16 heavy (non-hydrogen) atoms. The predicted molar refractivity (Wildman–Crippen MR) is 66.4 cm³/mol. The van der Waals surface area contributed by atoms with Crippen LogP contribution in [0.2, 0.25) is 0 Å². The fourth-order valence-electron chi connectivity index (χ4n) is 2.26. The van der Waals surface area contributed by atoms with Crippen LogP contribution >= 0.6 is 15.9 Å². The molecule has 0 aromatic carbocycles. The van der Waals surface area contributed by atoms with Crippen molar-refractivity contribution in [3.05, 3.63) is 22.2 Å². The summed E-state index contributed by atoms with van der Waals surface area (Å²) < 4.78 is 1.06. The Labute approximate surface area is 104 Å². The largest absolute Gasteiger partial charge is 0.314 e. The number of rotatable bonds is 3. The minimum absolute atomic E-state index is 0.609. The molecule has 2 aliphatic rings. The highest BCUT2D eigenvalue weighted by Crippen LogP contribution is 2.38. The van der Waals surface area contributed by atoms with Crippen molar-refractivity contribution >= 4 is 15.9 Å². The van der Waals surface area contributed by atoms with Crippen LogP contribution in [0.3, 0.4) is 0 Å². The average molecular weight is 282 g/mol. The van der Waals surface area contributed by atoms with Crippen LogP contribution in [0.4, 0.5) is 0 Å². The van der Waals surface area contributed by atoms with E-state index in [-0.39, 0.29) is 0 Å². The van der Waals surface area contributed by atoms with E-state index >= 15 is 0 Å². The van der Waals surface area contributed by atoms with Crippen LogP contribution < -0.4 is 5.32 Å². The summed E-state index contributed by atoms with van der Waals surface area (Å²) in [6.07, 6.45) is 8.05. The van der Waals surface area contributed by atoms with E-state index in [1.165, 1.54) is 31.4 Å². The summed E-state index contributed by atoms with van der Waals surface area (Å²) in [5.74, 6) is 1.69. The van der Waals surface area contributed by atoms with E-state index in [9.17, 15) is 0 Å². The van der Waals surface area contributed by atoms with Gasteiger partial charge in [-0.05, 0) is 48.2 Å². The number of hydrogen-bond acceptors (Lipinski definition) is 3. The molecule has 3 rings (SSSR count). The Morgan fingerprint density at radius 1 is 1.38 bits per heavy atom. The molecule has 1 aromatic heterocycles. The van der Waals surface area contributed by atoms with Gasteiger partial charge >= 0.3 is 0 Å². The van der Waals surface area contributed by atoms with E-state index in [2.05, 4.69) is 26.2 Å². The molecule has 1 aliphatic heterocycles. The molecular formula is C12H16BrN3. The Bertz CT molecular complexity index is 384. The Hall–Kier alpha value is -0.480. The summed E-state index contributed by atoms with van der Waals surface area (Å²) >= 11 is 3.55. The van der Waals surface area contributed by atoms with E-state index < -0.39 is 0 Å². The first-order valence-corrected chi connectivity index (χ1v) is 6.87. The van der Waals surface area contributed by atoms with Gasteiger partial charge in [-0.25, -0.2) is 9.97 Å². The lowest BCUT2D eigenvalue weighted by Crippen LogP contribution is -2.24. The molecule has 2 fully saturated rings. The summed E-state index contributed by atoms with van der Waals surface area (Å²) in [4.78, 5) is 9.10. The Morgan fingerprint density at radius 3 is 2.94 bits per heavy atom. The van der Waals surface area contributed by atoms with Crippen molar-refractivity contribution in [2.75, 3.05) is 6.54 Å². The molecule has 1 aromatic rings. The zero-order valence-corrected chi connectivity index (χ0v) is 10.8. The van der Waals surface area contributed by atoms with Crippen LogP contribution in [-0.2, 0) is 6.42 Å². The van der Waals surface area contributed by atoms with Gasteiger partial charge in [-0.1, -0.05) is 0 Å². The fourth-order valence-corrected chi connectivity index (χ4v) is 2.62. The van der Waals surface area contributed by atoms with Crippen LogP contribution in [0.5, 0.6) is 0 Å². The van der Waals surface area contributed by atoms with Crippen LogP contribution in [0.15, 0.2) is 10.7 Å². The Morgan fingerprint density at radius 2 is 2.25 bits per heavy atom. The van der Waals surface area contributed by atoms with Crippen LogP contribution in [-0.4, -0.2) is 22.6 Å². The number of nitrogens with one attached hydrogen (secondary N) is 1. The van der Waals surface area contributed by atoms with Gasteiger partial charge in [0.05, 0.1) is 10.2 Å². The normalized spacial score (nSPS) is 24.9. The van der Waals surface area contributed by atoms with Crippen molar-refractivity contribution in [3.8, 4) is 0 Å². The lowest BCUT2D eigenvalue weighted by atomic mass is 10.1. The molecule has 1 N–H and O–H groups in total. The van der Waals surface area contributed by atoms with Gasteiger partial charge in [0.25, 0.3) is 0 Å². The number of hydrogen-bond donors (Lipinski definition) is 1. The van der Waals surface area contributed by atoms with Crippen molar-refractivity contribution in [2.24, 2.45) is 0 Å². The highest BCUT2D eigenvalue weighted by molar-refractivity contribution is 9.10. The summed E-state index contributed by atoms with van der Waals surface area (Å²) in [6, 6.07) is 0.609. The average Bonchev–Trinajstić information content (AvgIpc) is 3.01. The van der Waals surface area contributed by atoms with Gasteiger partial charge in [-0.15, -0.1) is 0 Å². The molecule has 0 amide bonds. The topological polar surface area (TPSA) is 37.8 Å². The first-order valence-electron chi connectivity index (χ1n) is 6.07. The van der Waals surface area contributed by atoms with E-state index in [1.54, 1.807) is 0 Å². The number of aromatic nitrogens is 2. The zero-order valence-electron chi connectivity index (χ0n) is 9.25. The minimum Gasteiger partial charge on any atom is -0.314 e. The second kappa shape index (κ2) is 4.41. The van der Waals surface area contributed by atoms with Crippen LogP contribution in [0, 0.1) is 0 Å². The first kappa shape index (κ1) is 10.7. The molecule has 1 aliphatic carbocycles. The van der Waals surface area contributed by atoms with Crippen molar-refractivity contribution in [1.29, 1.82) is 0 Å². The summed E-state index contributed by atoms with van der Waals surface area (Å²) in [6.45, 7) is 1.16. The van der Waals surface area contributed by atoms with Gasteiger partial charge in [0.15, 0.2) is 0 Å². The third kappa shape index (κ3) is 2.28. The number of nitrogens with zero attached hydrogens (tertiary/aromatic N) is 2. The fraction of sp³-hybridized carbons (Fsp3) is 0.667. The Balaban J connectivity index is 1.78. The monoisotopic (exact) mass is 281 g/mol. The van der Waals surface area contributed by atoms with Gasteiger partial charge in [0, 0.05) is 24.6 Å². The standard InChI is InChI=1S/C12H16BrN3/c13-10-7-15-12(8-3-4-8)16-11(10)6-9-2-1-5-14-9/h7-9,14H,1-6H2. The molecule has 0 bridgehead atoms. The maximum absolute atomic E-state index is 4.70. The quantitative estimate of drug-likeness (QED) is 0.925. The molecule has 0 spiro atoms. The molecular weight excluding hydrogens is 266 g/mol. The van der Waals surface area contributed by atoms with E-state index in [4.69, 9.17) is 4.98 Å². The smallest absolute Gasteiger partial charge is 0.131 e. The lowest BCUT2D eigenvalue weighted by Gasteiger charge is -2.11. The zero-order chi connectivity index (χ0) is 11.0. The third-order valence-electron chi connectivity index (χ3n) is 3.38. The van der Waals surface area contributed by atoms with Crippen molar-refractivity contribution in [1.82, 2.24) is 15.3 Å². The summed E-state index contributed by atoms with van der Waals surface area (Å²) in [5.41, 5.74) is 1.18. The Kier molecular flexibility index (Phi) is 2.94. The molecule has 1 unspecified atom stereocenters. The first-order chi connectivity index (χ1) is 7.83. The lowest BCUT2D eigenvalue weighted by molar-refractivity contribution is 0.590. The maximum atomic E-state index is 4.70. The molecule has 2 heterocycles. The molecule has 4 heteroatoms. The van der Waals surface area contributed by atoms with Crippen LogP contribution in [0.25, 0.3) is 0 Å².